The van der Waals surface area contributed by atoms with Crippen molar-refractivity contribution in [1.29, 1.82) is 0 Å². The first-order valence-corrected chi connectivity index (χ1v) is 8.49. The minimum Gasteiger partial charge on any atom is -0.380 e. The molecule has 3 heteroatoms. The Balaban J connectivity index is 1.94. The second kappa shape index (κ2) is 7.42. The fourth-order valence-electron chi connectivity index (χ4n) is 3.02. The van der Waals surface area contributed by atoms with Gasteiger partial charge in [-0.05, 0) is 24.1 Å². The molecule has 1 unspecified atom stereocenters. The van der Waals surface area contributed by atoms with Gasteiger partial charge in [-0.25, -0.2) is 4.98 Å². The summed E-state index contributed by atoms with van der Waals surface area (Å²) in [6.07, 6.45) is 4.12. The Bertz CT molecular complexity index is 749. The van der Waals surface area contributed by atoms with Crippen molar-refractivity contribution in [2.45, 2.75) is 45.3 Å². The average molecular weight is 308 g/mol. The van der Waals surface area contributed by atoms with Crippen LogP contribution in [-0.2, 0) is 6.54 Å². The van der Waals surface area contributed by atoms with Crippen molar-refractivity contribution >= 4 is 11.0 Å². The Hall–Kier alpha value is -2.13. The van der Waals surface area contributed by atoms with Gasteiger partial charge in [0.15, 0.2) is 0 Å². The highest BCUT2D eigenvalue weighted by atomic mass is 16.3. The van der Waals surface area contributed by atoms with Gasteiger partial charge in [0.05, 0.1) is 11.0 Å². The molecule has 0 aliphatic carbocycles. The zero-order chi connectivity index (χ0) is 16.1. The standard InChI is InChI=1S/C20H24N2O/c1-2-3-4-10-15-22-18-14-9-8-13-17(18)21-20(22)19(23)16-11-6-5-7-12-16/h5-9,11-14,19,23H,2-4,10,15H2,1H3. The van der Waals surface area contributed by atoms with E-state index in [-0.39, 0.29) is 0 Å². The number of imidazole rings is 1. The number of aliphatic hydroxyl groups is 1. The van der Waals surface area contributed by atoms with Gasteiger partial charge >= 0.3 is 0 Å². The molecule has 2 aromatic carbocycles. The van der Waals surface area contributed by atoms with Gasteiger partial charge in [-0.2, -0.15) is 0 Å². The first-order chi connectivity index (χ1) is 11.3. The number of para-hydroxylation sites is 2. The zero-order valence-corrected chi connectivity index (χ0v) is 13.7. The molecule has 1 atom stereocenters. The molecule has 3 rings (SSSR count). The molecule has 0 amide bonds. The number of aromatic nitrogens is 2. The maximum Gasteiger partial charge on any atom is 0.143 e. The van der Waals surface area contributed by atoms with E-state index in [4.69, 9.17) is 4.98 Å². The van der Waals surface area contributed by atoms with E-state index >= 15 is 0 Å². The van der Waals surface area contributed by atoms with E-state index in [0.29, 0.717) is 0 Å². The number of nitrogens with zero attached hydrogens (tertiary/aromatic N) is 2. The lowest BCUT2D eigenvalue weighted by molar-refractivity contribution is 0.205. The molecule has 0 aliphatic heterocycles. The van der Waals surface area contributed by atoms with Crippen LogP contribution in [0.5, 0.6) is 0 Å². The van der Waals surface area contributed by atoms with E-state index in [0.717, 1.165) is 35.4 Å². The second-order valence-corrected chi connectivity index (χ2v) is 5.98. The summed E-state index contributed by atoms with van der Waals surface area (Å²) in [5, 5.41) is 10.8. The van der Waals surface area contributed by atoms with Crippen molar-refractivity contribution in [1.82, 2.24) is 9.55 Å². The molecular formula is C20H24N2O. The quantitative estimate of drug-likeness (QED) is 0.643. The highest BCUT2D eigenvalue weighted by molar-refractivity contribution is 5.76. The Morgan fingerprint density at radius 2 is 1.70 bits per heavy atom. The number of aliphatic hydroxyl groups excluding tert-OH is 1. The van der Waals surface area contributed by atoms with E-state index < -0.39 is 6.10 Å². The molecule has 120 valence electrons. The number of benzene rings is 2. The smallest absolute Gasteiger partial charge is 0.143 e. The number of aryl methyl sites for hydroxylation is 1. The summed E-state index contributed by atoms with van der Waals surface area (Å²) in [7, 11) is 0. The normalized spacial score (nSPS) is 12.6. The molecule has 1 aromatic heterocycles. The van der Waals surface area contributed by atoms with Crippen LogP contribution in [0.1, 0.15) is 50.1 Å². The van der Waals surface area contributed by atoms with Crippen molar-refractivity contribution in [2.75, 3.05) is 0 Å². The Morgan fingerprint density at radius 1 is 0.957 bits per heavy atom. The lowest BCUT2D eigenvalue weighted by atomic mass is 10.1. The SMILES string of the molecule is CCCCCCn1c(C(O)c2ccccc2)nc2ccccc21. The molecule has 3 aromatic rings. The molecule has 0 spiro atoms. The van der Waals surface area contributed by atoms with Gasteiger partial charge in [0, 0.05) is 6.54 Å². The van der Waals surface area contributed by atoms with Crippen LogP contribution in [0.15, 0.2) is 54.6 Å². The van der Waals surface area contributed by atoms with E-state index in [9.17, 15) is 5.11 Å². The summed E-state index contributed by atoms with van der Waals surface area (Å²) in [5.74, 6) is 0.744. The largest absolute Gasteiger partial charge is 0.380 e. The average Bonchev–Trinajstić information content (AvgIpc) is 2.97. The number of rotatable bonds is 7. The second-order valence-electron chi connectivity index (χ2n) is 5.98. The third-order valence-corrected chi connectivity index (χ3v) is 4.28. The van der Waals surface area contributed by atoms with Crippen molar-refractivity contribution in [3.63, 3.8) is 0 Å². The van der Waals surface area contributed by atoms with Crippen LogP contribution in [0.2, 0.25) is 0 Å². The molecule has 0 aliphatic rings. The first kappa shape index (κ1) is 15.8. The van der Waals surface area contributed by atoms with E-state index in [1.165, 1.54) is 19.3 Å². The van der Waals surface area contributed by atoms with Crippen LogP contribution in [0.4, 0.5) is 0 Å². The molecule has 23 heavy (non-hydrogen) atoms. The molecule has 3 nitrogen and oxygen atoms in total. The van der Waals surface area contributed by atoms with Gasteiger partial charge in [-0.1, -0.05) is 68.7 Å². The van der Waals surface area contributed by atoms with Gasteiger partial charge in [-0.15, -0.1) is 0 Å². The van der Waals surface area contributed by atoms with Crippen LogP contribution in [0.3, 0.4) is 0 Å². The van der Waals surface area contributed by atoms with Gasteiger partial charge in [0.25, 0.3) is 0 Å². The molecule has 0 fully saturated rings. The number of hydrogen-bond donors (Lipinski definition) is 1. The predicted octanol–water partition coefficient (Wildman–Crippen LogP) is 4.70. The van der Waals surface area contributed by atoms with Gasteiger partial charge in [-0.3, -0.25) is 0 Å². The lowest BCUT2D eigenvalue weighted by Crippen LogP contribution is -2.10. The van der Waals surface area contributed by atoms with Crippen molar-refractivity contribution in [3.05, 3.63) is 66.0 Å². The fraction of sp³-hybridized carbons (Fsp3) is 0.350. The van der Waals surface area contributed by atoms with Crippen LogP contribution in [-0.4, -0.2) is 14.7 Å². The molecule has 0 radical (unpaired) electrons. The Labute approximate surface area is 137 Å². The van der Waals surface area contributed by atoms with Gasteiger partial charge < -0.3 is 9.67 Å². The lowest BCUT2D eigenvalue weighted by Gasteiger charge is -2.14. The minimum atomic E-state index is -0.685. The summed E-state index contributed by atoms with van der Waals surface area (Å²) in [4.78, 5) is 4.70. The monoisotopic (exact) mass is 308 g/mol. The maximum absolute atomic E-state index is 10.8. The molecule has 0 saturated carbocycles. The summed E-state index contributed by atoms with van der Waals surface area (Å²) >= 11 is 0. The van der Waals surface area contributed by atoms with E-state index in [1.54, 1.807) is 0 Å². The van der Waals surface area contributed by atoms with Crippen LogP contribution >= 0.6 is 0 Å². The third kappa shape index (κ3) is 3.45. The third-order valence-electron chi connectivity index (χ3n) is 4.28. The van der Waals surface area contributed by atoms with Crippen molar-refractivity contribution < 1.29 is 5.11 Å². The van der Waals surface area contributed by atoms with Crippen LogP contribution in [0.25, 0.3) is 11.0 Å². The van der Waals surface area contributed by atoms with Gasteiger partial charge in [0.2, 0.25) is 0 Å². The number of fused-ring (bicyclic) bond motifs is 1. The molecule has 1 heterocycles. The highest BCUT2D eigenvalue weighted by Gasteiger charge is 2.19. The summed E-state index contributed by atoms with van der Waals surface area (Å²) in [6, 6.07) is 17.9. The molecule has 0 bridgehead atoms. The van der Waals surface area contributed by atoms with Gasteiger partial charge in [0.1, 0.15) is 11.9 Å². The number of unbranched alkanes of at least 4 members (excludes halogenated alkanes) is 3. The minimum absolute atomic E-state index is 0.685. The first-order valence-electron chi connectivity index (χ1n) is 8.49. The maximum atomic E-state index is 10.8. The topological polar surface area (TPSA) is 38.0 Å². The molecule has 1 N–H and O–H groups in total. The predicted molar refractivity (Wildman–Crippen MR) is 94.4 cm³/mol. The van der Waals surface area contributed by atoms with Crippen molar-refractivity contribution in [2.24, 2.45) is 0 Å². The summed E-state index contributed by atoms with van der Waals surface area (Å²) < 4.78 is 2.18. The Kier molecular flexibility index (Phi) is 5.09. The highest BCUT2D eigenvalue weighted by Crippen LogP contribution is 2.26. The summed E-state index contributed by atoms with van der Waals surface area (Å²) in [5.41, 5.74) is 2.94. The van der Waals surface area contributed by atoms with E-state index in [2.05, 4.69) is 17.6 Å². The zero-order valence-electron chi connectivity index (χ0n) is 13.7. The van der Waals surface area contributed by atoms with E-state index in [1.807, 2.05) is 48.5 Å². The van der Waals surface area contributed by atoms with Crippen LogP contribution in [0, 0.1) is 0 Å². The fourth-order valence-corrected chi connectivity index (χ4v) is 3.02. The van der Waals surface area contributed by atoms with Crippen LogP contribution < -0.4 is 0 Å². The number of hydrogen-bond acceptors (Lipinski definition) is 2. The summed E-state index contributed by atoms with van der Waals surface area (Å²) in [6.45, 7) is 3.12. The molecular weight excluding hydrogens is 284 g/mol. The van der Waals surface area contributed by atoms with Crippen molar-refractivity contribution in [3.8, 4) is 0 Å². The molecule has 0 saturated heterocycles. The Morgan fingerprint density at radius 3 is 2.48 bits per heavy atom.